The Balaban J connectivity index is 2.17. The van der Waals surface area contributed by atoms with Gasteiger partial charge in [-0.05, 0) is 40.2 Å². The third-order valence-electron chi connectivity index (χ3n) is 4.03. The van der Waals surface area contributed by atoms with Crippen LogP contribution in [0.15, 0.2) is 10.6 Å². The molecular weight excluding hydrogens is 312 g/mol. The SMILES string of the molecule is COCc1cc(CN2CCCC2(COC)C(=O)OC(C)(C)C)no1. The van der Waals surface area contributed by atoms with Crippen LogP contribution in [-0.4, -0.2) is 54.5 Å². The van der Waals surface area contributed by atoms with Gasteiger partial charge in [0.25, 0.3) is 0 Å². The van der Waals surface area contributed by atoms with E-state index in [0.717, 1.165) is 18.7 Å². The quantitative estimate of drug-likeness (QED) is 0.704. The van der Waals surface area contributed by atoms with Gasteiger partial charge in [0.05, 0.1) is 12.3 Å². The summed E-state index contributed by atoms with van der Waals surface area (Å²) in [4.78, 5) is 15.0. The first-order valence-corrected chi connectivity index (χ1v) is 8.21. The second-order valence-electron chi connectivity index (χ2n) is 7.21. The van der Waals surface area contributed by atoms with Crippen molar-refractivity contribution >= 4 is 5.97 Å². The van der Waals surface area contributed by atoms with Gasteiger partial charge in [0.1, 0.15) is 17.7 Å². The summed E-state index contributed by atoms with van der Waals surface area (Å²) >= 11 is 0. The monoisotopic (exact) mass is 340 g/mol. The van der Waals surface area contributed by atoms with E-state index < -0.39 is 11.1 Å². The predicted molar refractivity (Wildman–Crippen MR) is 87.3 cm³/mol. The summed E-state index contributed by atoms with van der Waals surface area (Å²) < 4.78 is 21.3. The molecule has 1 aliphatic rings. The summed E-state index contributed by atoms with van der Waals surface area (Å²) in [5.74, 6) is 0.427. The second-order valence-corrected chi connectivity index (χ2v) is 7.21. The molecule has 0 aliphatic carbocycles. The molecule has 0 bridgehead atoms. The van der Waals surface area contributed by atoms with E-state index in [9.17, 15) is 4.79 Å². The predicted octanol–water partition coefficient (Wildman–Crippen LogP) is 2.14. The topological polar surface area (TPSA) is 74.0 Å². The summed E-state index contributed by atoms with van der Waals surface area (Å²) in [5.41, 5.74) is -0.540. The molecule has 0 N–H and O–H groups in total. The van der Waals surface area contributed by atoms with Crippen LogP contribution in [0.4, 0.5) is 0 Å². The Kier molecular flexibility index (Phi) is 6.01. The molecule has 1 fully saturated rings. The minimum Gasteiger partial charge on any atom is -0.459 e. The minimum atomic E-state index is -0.775. The van der Waals surface area contributed by atoms with Gasteiger partial charge in [-0.1, -0.05) is 5.16 Å². The maximum Gasteiger partial charge on any atom is 0.329 e. The average Bonchev–Trinajstić information content (AvgIpc) is 3.07. The number of rotatable bonds is 7. The molecule has 0 spiro atoms. The van der Waals surface area contributed by atoms with Gasteiger partial charge in [0.2, 0.25) is 0 Å². The van der Waals surface area contributed by atoms with Gasteiger partial charge in [0, 0.05) is 26.8 Å². The summed E-state index contributed by atoms with van der Waals surface area (Å²) in [6.07, 6.45) is 1.61. The first-order chi connectivity index (χ1) is 11.3. The first kappa shape index (κ1) is 18.9. The molecule has 2 rings (SSSR count). The smallest absolute Gasteiger partial charge is 0.329 e. The summed E-state index contributed by atoms with van der Waals surface area (Å²) in [5, 5.41) is 4.07. The van der Waals surface area contributed by atoms with Crippen LogP contribution in [0.2, 0.25) is 0 Å². The molecule has 1 unspecified atom stereocenters. The standard InChI is InChI=1S/C17H28N2O5/c1-16(2,3)23-15(20)17(12-22-5)7-6-8-19(17)10-13-9-14(11-21-4)24-18-13/h9H,6-8,10-12H2,1-5H3. The number of likely N-dealkylation sites (tertiary alicyclic amines) is 1. The third kappa shape index (κ3) is 4.34. The molecule has 1 aromatic rings. The number of hydrogen-bond acceptors (Lipinski definition) is 7. The van der Waals surface area contributed by atoms with Crippen molar-refractivity contribution in [2.45, 2.75) is 57.9 Å². The summed E-state index contributed by atoms with van der Waals surface area (Å²) in [7, 11) is 3.21. The number of ether oxygens (including phenoxy) is 3. The van der Waals surface area contributed by atoms with Crippen LogP contribution in [0.25, 0.3) is 0 Å². The molecule has 1 aromatic heterocycles. The molecule has 2 heterocycles. The van der Waals surface area contributed by atoms with Gasteiger partial charge in [-0.25, -0.2) is 4.79 Å². The van der Waals surface area contributed by atoms with E-state index in [0.29, 0.717) is 31.9 Å². The van der Waals surface area contributed by atoms with Crippen LogP contribution in [0.3, 0.4) is 0 Å². The van der Waals surface area contributed by atoms with Crippen molar-refractivity contribution < 1.29 is 23.5 Å². The number of aromatic nitrogens is 1. The van der Waals surface area contributed by atoms with Crippen LogP contribution in [0, 0.1) is 0 Å². The van der Waals surface area contributed by atoms with E-state index in [1.807, 2.05) is 26.8 Å². The van der Waals surface area contributed by atoms with E-state index in [1.54, 1.807) is 14.2 Å². The molecule has 7 heteroatoms. The molecule has 0 aromatic carbocycles. The van der Waals surface area contributed by atoms with Gasteiger partial charge in [-0.3, -0.25) is 4.90 Å². The van der Waals surface area contributed by atoms with Crippen molar-refractivity contribution in [3.8, 4) is 0 Å². The first-order valence-electron chi connectivity index (χ1n) is 8.21. The lowest BCUT2D eigenvalue weighted by atomic mass is 9.96. The zero-order valence-corrected chi connectivity index (χ0v) is 15.3. The molecule has 1 saturated heterocycles. The Hall–Kier alpha value is -1.44. The van der Waals surface area contributed by atoms with Crippen molar-refractivity contribution in [2.24, 2.45) is 0 Å². The van der Waals surface area contributed by atoms with Crippen LogP contribution in [-0.2, 0) is 32.2 Å². The average molecular weight is 340 g/mol. The maximum absolute atomic E-state index is 12.9. The third-order valence-corrected chi connectivity index (χ3v) is 4.03. The Labute approximate surface area is 143 Å². The van der Waals surface area contributed by atoms with Gasteiger partial charge in [0.15, 0.2) is 5.76 Å². The highest BCUT2D eigenvalue weighted by molar-refractivity contribution is 5.82. The van der Waals surface area contributed by atoms with Crippen LogP contribution in [0.5, 0.6) is 0 Å². The van der Waals surface area contributed by atoms with Gasteiger partial charge in [-0.2, -0.15) is 0 Å². The van der Waals surface area contributed by atoms with E-state index >= 15 is 0 Å². The van der Waals surface area contributed by atoms with Crippen molar-refractivity contribution in [1.29, 1.82) is 0 Å². The highest BCUT2D eigenvalue weighted by Gasteiger charge is 2.50. The molecule has 7 nitrogen and oxygen atoms in total. The Morgan fingerprint density at radius 1 is 1.38 bits per heavy atom. The van der Waals surface area contributed by atoms with E-state index in [-0.39, 0.29) is 5.97 Å². The van der Waals surface area contributed by atoms with Gasteiger partial charge in [-0.15, -0.1) is 0 Å². The summed E-state index contributed by atoms with van der Waals surface area (Å²) in [6, 6.07) is 1.86. The number of carbonyl (C=O) groups is 1. The Morgan fingerprint density at radius 3 is 2.75 bits per heavy atom. The molecule has 1 aliphatic heterocycles. The molecule has 24 heavy (non-hydrogen) atoms. The van der Waals surface area contributed by atoms with Crippen molar-refractivity contribution in [3.63, 3.8) is 0 Å². The highest BCUT2D eigenvalue weighted by Crippen LogP contribution is 2.34. The van der Waals surface area contributed by atoms with Crippen LogP contribution >= 0.6 is 0 Å². The number of methoxy groups -OCH3 is 2. The zero-order chi connectivity index (χ0) is 17.8. The fourth-order valence-corrected chi connectivity index (χ4v) is 3.07. The fraction of sp³-hybridized carbons (Fsp3) is 0.765. The lowest BCUT2D eigenvalue weighted by Gasteiger charge is -2.37. The number of carbonyl (C=O) groups excluding carboxylic acids is 1. The van der Waals surface area contributed by atoms with Crippen molar-refractivity contribution in [3.05, 3.63) is 17.5 Å². The Bertz CT molecular complexity index is 551. The largest absolute Gasteiger partial charge is 0.459 e. The van der Waals surface area contributed by atoms with Gasteiger partial charge < -0.3 is 18.7 Å². The highest BCUT2D eigenvalue weighted by atomic mass is 16.6. The molecule has 1 atom stereocenters. The fourth-order valence-electron chi connectivity index (χ4n) is 3.07. The molecule has 0 amide bonds. The molecule has 0 saturated carbocycles. The minimum absolute atomic E-state index is 0.241. The molecular formula is C17H28N2O5. The lowest BCUT2D eigenvalue weighted by Crippen LogP contribution is -2.55. The van der Waals surface area contributed by atoms with Crippen molar-refractivity contribution in [1.82, 2.24) is 10.1 Å². The van der Waals surface area contributed by atoms with Crippen LogP contribution < -0.4 is 0 Å². The number of hydrogen-bond donors (Lipinski definition) is 0. The van der Waals surface area contributed by atoms with E-state index in [2.05, 4.69) is 10.1 Å². The molecule has 0 radical (unpaired) electrons. The number of esters is 1. The van der Waals surface area contributed by atoms with E-state index in [4.69, 9.17) is 18.7 Å². The van der Waals surface area contributed by atoms with Crippen molar-refractivity contribution in [2.75, 3.05) is 27.4 Å². The maximum atomic E-state index is 12.9. The van der Waals surface area contributed by atoms with Crippen LogP contribution in [0.1, 0.15) is 45.1 Å². The van der Waals surface area contributed by atoms with Gasteiger partial charge >= 0.3 is 5.97 Å². The van der Waals surface area contributed by atoms with E-state index in [1.165, 1.54) is 0 Å². The molecule has 136 valence electrons. The second kappa shape index (κ2) is 7.63. The Morgan fingerprint density at radius 2 is 2.12 bits per heavy atom. The zero-order valence-electron chi connectivity index (χ0n) is 15.3. The lowest BCUT2D eigenvalue weighted by molar-refractivity contribution is -0.172. The normalized spacial score (nSPS) is 22.0. The summed E-state index contributed by atoms with van der Waals surface area (Å²) in [6.45, 7) is 7.59. The number of nitrogens with zero attached hydrogens (tertiary/aromatic N) is 2.